The third-order valence-corrected chi connectivity index (χ3v) is 4.17. The predicted molar refractivity (Wildman–Crippen MR) is 81.8 cm³/mol. The minimum Gasteiger partial charge on any atom is -0.361 e. The molecule has 3 rings (SSSR count). The Morgan fingerprint density at radius 3 is 2.77 bits per heavy atom. The van der Waals surface area contributed by atoms with E-state index < -0.39 is 11.6 Å². The van der Waals surface area contributed by atoms with E-state index in [0.29, 0.717) is 11.5 Å². The zero-order valence-corrected chi connectivity index (χ0v) is 13.7. The number of carbonyl (C=O) groups is 2. The molecule has 2 heterocycles. The third-order valence-electron chi connectivity index (χ3n) is 3.67. The van der Waals surface area contributed by atoms with Crippen molar-refractivity contribution in [3.05, 3.63) is 51.8 Å². The number of carbonyl (C=O) groups excluding carboxylic acids is 2. The highest BCUT2D eigenvalue weighted by Gasteiger charge is 2.49. The molecule has 1 N–H and O–H groups in total. The minimum absolute atomic E-state index is 0.0889. The van der Waals surface area contributed by atoms with E-state index in [2.05, 4.69) is 26.4 Å². The molecule has 1 atom stereocenters. The number of rotatable bonds is 3. The number of aromatic nitrogens is 1. The van der Waals surface area contributed by atoms with E-state index in [4.69, 9.17) is 4.52 Å². The summed E-state index contributed by atoms with van der Waals surface area (Å²) < 4.78 is 5.82. The Morgan fingerprint density at radius 1 is 1.36 bits per heavy atom. The number of nitrogens with one attached hydrogen (secondary N) is 1. The van der Waals surface area contributed by atoms with Crippen molar-refractivity contribution in [1.82, 2.24) is 15.4 Å². The highest BCUT2D eigenvalue weighted by molar-refractivity contribution is 9.10. The summed E-state index contributed by atoms with van der Waals surface area (Å²) in [6.07, 6.45) is 0. The van der Waals surface area contributed by atoms with E-state index in [-0.39, 0.29) is 12.5 Å². The summed E-state index contributed by atoms with van der Waals surface area (Å²) in [6, 6.07) is 8.59. The molecule has 3 amide bonds. The van der Waals surface area contributed by atoms with Crippen LogP contribution in [0.1, 0.15) is 23.9 Å². The summed E-state index contributed by atoms with van der Waals surface area (Å²) in [4.78, 5) is 26.1. The van der Waals surface area contributed by atoms with Crippen LogP contribution in [-0.2, 0) is 16.9 Å². The molecular weight excluding hydrogens is 350 g/mol. The Morgan fingerprint density at radius 2 is 2.14 bits per heavy atom. The van der Waals surface area contributed by atoms with Gasteiger partial charge in [-0.1, -0.05) is 33.2 Å². The smallest absolute Gasteiger partial charge is 0.325 e. The average Bonchev–Trinajstić information content (AvgIpc) is 2.97. The highest BCUT2D eigenvalue weighted by Crippen LogP contribution is 2.31. The molecule has 7 heteroatoms. The molecule has 114 valence electrons. The summed E-state index contributed by atoms with van der Waals surface area (Å²) >= 11 is 3.38. The van der Waals surface area contributed by atoms with Crippen molar-refractivity contribution in [2.24, 2.45) is 0 Å². The average molecular weight is 364 g/mol. The molecule has 1 fully saturated rings. The monoisotopic (exact) mass is 363 g/mol. The normalized spacial score (nSPS) is 21.3. The van der Waals surface area contributed by atoms with Gasteiger partial charge < -0.3 is 9.84 Å². The van der Waals surface area contributed by atoms with Gasteiger partial charge in [0.05, 0.1) is 6.54 Å². The third kappa shape index (κ3) is 2.41. The summed E-state index contributed by atoms with van der Waals surface area (Å²) in [5.74, 6) is 0.327. The van der Waals surface area contributed by atoms with Gasteiger partial charge in [-0.15, -0.1) is 0 Å². The number of aryl methyl sites for hydroxylation is 1. The fourth-order valence-electron chi connectivity index (χ4n) is 2.49. The number of hydrogen-bond acceptors (Lipinski definition) is 4. The molecular formula is C15H14BrN3O3. The first-order valence-corrected chi connectivity index (χ1v) is 7.52. The lowest BCUT2D eigenvalue weighted by atomic mass is 9.92. The van der Waals surface area contributed by atoms with Crippen molar-refractivity contribution in [3.8, 4) is 0 Å². The van der Waals surface area contributed by atoms with Gasteiger partial charge in [0.1, 0.15) is 17.0 Å². The molecule has 0 unspecified atom stereocenters. The van der Waals surface area contributed by atoms with Gasteiger partial charge in [0, 0.05) is 10.5 Å². The van der Waals surface area contributed by atoms with E-state index in [9.17, 15) is 9.59 Å². The van der Waals surface area contributed by atoms with Gasteiger partial charge in [-0.3, -0.25) is 9.69 Å². The molecule has 0 bridgehead atoms. The summed E-state index contributed by atoms with van der Waals surface area (Å²) in [5.41, 5.74) is 0.179. The van der Waals surface area contributed by atoms with E-state index in [0.717, 1.165) is 14.9 Å². The quantitative estimate of drug-likeness (QED) is 0.850. The van der Waals surface area contributed by atoms with Crippen LogP contribution in [0.4, 0.5) is 4.79 Å². The maximum Gasteiger partial charge on any atom is 0.325 e. The van der Waals surface area contributed by atoms with Gasteiger partial charge in [-0.25, -0.2) is 4.79 Å². The highest BCUT2D eigenvalue weighted by atomic mass is 79.9. The molecule has 1 aromatic heterocycles. The first-order valence-electron chi connectivity index (χ1n) is 6.72. The molecule has 1 aliphatic rings. The topological polar surface area (TPSA) is 75.4 Å². The lowest BCUT2D eigenvalue weighted by molar-refractivity contribution is -0.131. The molecule has 2 aromatic rings. The van der Waals surface area contributed by atoms with E-state index in [1.807, 2.05) is 24.3 Å². The van der Waals surface area contributed by atoms with Crippen LogP contribution in [0.5, 0.6) is 0 Å². The lowest BCUT2D eigenvalue weighted by Crippen LogP contribution is -2.40. The Hall–Kier alpha value is -2.15. The number of benzene rings is 1. The van der Waals surface area contributed by atoms with Crippen molar-refractivity contribution in [2.75, 3.05) is 0 Å². The zero-order chi connectivity index (χ0) is 15.9. The molecule has 0 saturated carbocycles. The van der Waals surface area contributed by atoms with Gasteiger partial charge in [0.2, 0.25) is 0 Å². The molecule has 6 nitrogen and oxygen atoms in total. The fourth-order valence-corrected chi connectivity index (χ4v) is 2.89. The Kier molecular flexibility index (Phi) is 3.52. The summed E-state index contributed by atoms with van der Waals surface area (Å²) in [6.45, 7) is 3.54. The molecule has 1 aliphatic heterocycles. The number of imide groups is 1. The van der Waals surface area contributed by atoms with Crippen LogP contribution < -0.4 is 5.32 Å². The molecule has 1 aromatic carbocycles. The van der Waals surface area contributed by atoms with Crippen LogP contribution in [0, 0.1) is 6.92 Å². The lowest BCUT2D eigenvalue weighted by Gasteiger charge is -2.22. The van der Waals surface area contributed by atoms with Gasteiger partial charge in [0.25, 0.3) is 5.91 Å². The zero-order valence-electron chi connectivity index (χ0n) is 12.1. The first kappa shape index (κ1) is 14.8. The molecule has 0 aliphatic carbocycles. The minimum atomic E-state index is -1.08. The standard InChI is InChI=1S/C15H14BrN3O3/c1-9-6-12(18-22-9)8-19-13(20)15(2,17-14(19)21)10-4-3-5-11(16)7-10/h3-7H,8H2,1-2H3,(H,17,21)/t15-/m1/s1. The van der Waals surface area contributed by atoms with Gasteiger partial charge in [0.15, 0.2) is 0 Å². The van der Waals surface area contributed by atoms with Crippen LogP contribution in [0.3, 0.4) is 0 Å². The number of nitrogens with zero attached hydrogens (tertiary/aromatic N) is 2. The molecule has 1 saturated heterocycles. The Balaban J connectivity index is 1.90. The van der Waals surface area contributed by atoms with Crippen LogP contribution in [0.15, 0.2) is 39.3 Å². The van der Waals surface area contributed by atoms with Crippen molar-refractivity contribution in [3.63, 3.8) is 0 Å². The van der Waals surface area contributed by atoms with E-state index in [1.165, 1.54) is 0 Å². The summed E-state index contributed by atoms with van der Waals surface area (Å²) in [5, 5.41) is 6.59. The van der Waals surface area contributed by atoms with Gasteiger partial charge in [-0.05, 0) is 31.5 Å². The number of amides is 3. The first-order chi connectivity index (χ1) is 10.4. The van der Waals surface area contributed by atoms with Crippen LogP contribution in [0.25, 0.3) is 0 Å². The van der Waals surface area contributed by atoms with Crippen molar-refractivity contribution >= 4 is 27.9 Å². The SMILES string of the molecule is Cc1cc(CN2C(=O)N[C@](C)(c3cccc(Br)c3)C2=O)no1. The number of urea groups is 1. The van der Waals surface area contributed by atoms with Crippen LogP contribution >= 0.6 is 15.9 Å². The second kappa shape index (κ2) is 5.24. The molecule has 0 spiro atoms. The summed E-state index contributed by atoms with van der Waals surface area (Å²) in [7, 11) is 0. The largest absolute Gasteiger partial charge is 0.361 e. The maximum absolute atomic E-state index is 12.7. The fraction of sp³-hybridized carbons (Fsp3) is 0.267. The Bertz CT molecular complexity index is 758. The van der Waals surface area contributed by atoms with Crippen LogP contribution in [-0.4, -0.2) is 22.0 Å². The van der Waals surface area contributed by atoms with Crippen molar-refractivity contribution in [1.29, 1.82) is 0 Å². The second-order valence-corrected chi connectivity index (χ2v) is 6.30. The predicted octanol–water partition coefficient (Wildman–Crippen LogP) is 2.71. The van der Waals surface area contributed by atoms with E-state index in [1.54, 1.807) is 19.9 Å². The van der Waals surface area contributed by atoms with E-state index >= 15 is 0 Å². The molecule has 0 radical (unpaired) electrons. The Labute approximate surface area is 135 Å². The van der Waals surface area contributed by atoms with Gasteiger partial charge >= 0.3 is 6.03 Å². The second-order valence-electron chi connectivity index (χ2n) is 5.39. The van der Waals surface area contributed by atoms with Crippen LogP contribution in [0.2, 0.25) is 0 Å². The number of hydrogen-bond donors (Lipinski definition) is 1. The maximum atomic E-state index is 12.7. The number of halogens is 1. The molecule has 22 heavy (non-hydrogen) atoms. The van der Waals surface area contributed by atoms with Crippen molar-refractivity contribution in [2.45, 2.75) is 25.9 Å². The van der Waals surface area contributed by atoms with Crippen molar-refractivity contribution < 1.29 is 14.1 Å². The van der Waals surface area contributed by atoms with Gasteiger partial charge in [-0.2, -0.15) is 0 Å².